The highest BCUT2D eigenvalue weighted by molar-refractivity contribution is 5.90. The lowest BCUT2D eigenvalue weighted by atomic mass is 10.0. The maximum Gasteiger partial charge on any atom is 0.240 e. The topological polar surface area (TPSA) is 58.4 Å². The molecule has 0 radical (unpaired) electrons. The number of piperidine rings is 1. The Bertz CT molecular complexity index is 389. The van der Waals surface area contributed by atoms with Gasteiger partial charge in [-0.05, 0) is 32.2 Å². The smallest absolute Gasteiger partial charge is 0.240 e. The van der Waals surface area contributed by atoms with E-state index in [1.807, 2.05) is 6.92 Å². The van der Waals surface area contributed by atoms with Crippen molar-refractivity contribution in [3.8, 4) is 0 Å². The summed E-state index contributed by atoms with van der Waals surface area (Å²) in [6.07, 6.45) is 2.44. The molecular weight excluding hydrogens is 218 g/mol. The number of hydrogen-bond acceptors (Lipinski definition) is 4. The average molecular weight is 237 g/mol. The fourth-order valence-corrected chi connectivity index (χ4v) is 2.23. The number of nitrogens with one attached hydrogen (secondary N) is 1. The summed E-state index contributed by atoms with van der Waals surface area (Å²) in [6.45, 7) is 6.50. The highest BCUT2D eigenvalue weighted by Gasteiger charge is 2.18. The summed E-state index contributed by atoms with van der Waals surface area (Å²) in [5.41, 5.74) is 0.770. The van der Waals surface area contributed by atoms with Crippen LogP contribution in [0, 0.1) is 12.8 Å². The summed E-state index contributed by atoms with van der Waals surface area (Å²) in [5, 5.41) is 6.44. The summed E-state index contributed by atoms with van der Waals surface area (Å²) in [5.74, 6) is 1.08. The third kappa shape index (κ3) is 3.56. The van der Waals surface area contributed by atoms with Crippen LogP contribution in [0.3, 0.4) is 0 Å². The Labute approximate surface area is 101 Å². The molecule has 1 amide bonds. The molecule has 5 nitrogen and oxygen atoms in total. The van der Waals surface area contributed by atoms with E-state index < -0.39 is 0 Å². The maximum absolute atomic E-state index is 11.8. The lowest BCUT2D eigenvalue weighted by Crippen LogP contribution is -2.39. The first kappa shape index (κ1) is 12.1. The Morgan fingerprint density at radius 2 is 2.53 bits per heavy atom. The predicted molar refractivity (Wildman–Crippen MR) is 64.7 cm³/mol. The number of hydrogen-bond donors (Lipinski definition) is 1. The molecular formula is C12H19N3O2. The van der Waals surface area contributed by atoms with Gasteiger partial charge < -0.3 is 4.52 Å². The summed E-state index contributed by atoms with van der Waals surface area (Å²) < 4.78 is 4.94. The third-order valence-electron chi connectivity index (χ3n) is 3.00. The van der Waals surface area contributed by atoms with Gasteiger partial charge in [0.2, 0.25) is 11.8 Å². The van der Waals surface area contributed by atoms with Gasteiger partial charge in [-0.25, -0.2) is 0 Å². The number of nitrogens with zero attached hydrogens (tertiary/aromatic N) is 2. The van der Waals surface area contributed by atoms with Crippen LogP contribution in [-0.2, 0) is 4.79 Å². The van der Waals surface area contributed by atoms with Crippen molar-refractivity contribution < 1.29 is 9.32 Å². The minimum atomic E-state index is -0.0322. The number of likely N-dealkylation sites (tertiary alicyclic amines) is 1. The van der Waals surface area contributed by atoms with Gasteiger partial charge in [0.1, 0.15) is 0 Å². The Morgan fingerprint density at radius 1 is 1.71 bits per heavy atom. The van der Waals surface area contributed by atoms with Crippen LogP contribution in [-0.4, -0.2) is 35.6 Å². The minimum absolute atomic E-state index is 0.0322. The molecule has 1 atom stereocenters. The van der Waals surface area contributed by atoms with E-state index in [-0.39, 0.29) is 5.91 Å². The van der Waals surface area contributed by atoms with E-state index >= 15 is 0 Å². The molecule has 1 aliphatic rings. The van der Waals surface area contributed by atoms with E-state index in [0.717, 1.165) is 18.8 Å². The van der Waals surface area contributed by atoms with Crippen LogP contribution >= 0.6 is 0 Å². The lowest BCUT2D eigenvalue weighted by molar-refractivity contribution is -0.117. The van der Waals surface area contributed by atoms with Crippen molar-refractivity contribution in [3.05, 3.63) is 11.8 Å². The first-order valence-electron chi connectivity index (χ1n) is 6.09. The van der Waals surface area contributed by atoms with Gasteiger partial charge in [-0.15, -0.1) is 0 Å². The monoisotopic (exact) mass is 237 g/mol. The minimum Gasteiger partial charge on any atom is -0.338 e. The van der Waals surface area contributed by atoms with Gasteiger partial charge in [-0.2, -0.15) is 0 Å². The number of rotatable bonds is 3. The molecule has 1 unspecified atom stereocenters. The summed E-state index contributed by atoms with van der Waals surface area (Å²) in [6, 6.07) is 1.72. The zero-order valence-corrected chi connectivity index (χ0v) is 10.4. The van der Waals surface area contributed by atoms with Gasteiger partial charge in [0.25, 0.3) is 0 Å². The first-order chi connectivity index (χ1) is 8.13. The van der Waals surface area contributed by atoms with E-state index in [4.69, 9.17) is 4.52 Å². The molecule has 5 heteroatoms. The summed E-state index contributed by atoms with van der Waals surface area (Å²) in [7, 11) is 0. The fourth-order valence-electron chi connectivity index (χ4n) is 2.23. The second-order valence-electron chi connectivity index (χ2n) is 4.86. The van der Waals surface area contributed by atoms with Crippen molar-refractivity contribution in [2.45, 2.75) is 26.7 Å². The Morgan fingerprint density at radius 3 is 3.18 bits per heavy atom. The predicted octanol–water partition coefficient (Wildman–Crippen LogP) is 1.65. The average Bonchev–Trinajstić information content (AvgIpc) is 2.63. The molecule has 0 saturated carbocycles. The third-order valence-corrected chi connectivity index (χ3v) is 3.00. The van der Waals surface area contributed by atoms with E-state index in [0.29, 0.717) is 18.3 Å². The van der Waals surface area contributed by atoms with Crippen molar-refractivity contribution in [1.82, 2.24) is 10.1 Å². The van der Waals surface area contributed by atoms with Gasteiger partial charge in [0.05, 0.1) is 12.2 Å². The normalized spacial score (nSPS) is 21.4. The SMILES string of the molecule is Cc1cc(NC(=O)CN2CCCC(C)C2)on1. The van der Waals surface area contributed by atoms with Crippen LogP contribution in [0.1, 0.15) is 25.5 Å². The maximum atomic E-state index is 11.8. The number of aromatic nitrogens is 1. The van der Waals surface area contributed by atoms with Crippen LogP contribution < -0.4 is 5.32 Å². The van der Waals surface area contributed by atoms with Crippen molar-refractivity contribution in [3.63, 3.8) is 0 Å². The molecule has 1 saturated heterocycles. The van der Waals surface area contributed by atoms with E-state index in [2.05, 4.69) is 22.3 Å². The van der Waals surface area contributed by atoms with Gasteiger partial charge in [-0.1, -0.05) is 12.1 Å². The van der Waals surface area contributed by atoms with Crippen molar-refractivity contribution in [2.75, 3.05) is 25.0 Å². The van der Waals surface area contributed by atoms with E-state index in [9.17, 15) is 4.79 Å². The Balaban J connectivity index is 1.80. The molecule has 1 N–H and O–H groups in total. The fraction of sp³-hybridized carbons (Fsp3) is 0.667. The molecule has 2 heterocycles. The molecule has 1 aromatic heterocycles. The first-order valence-corrected chi connectivity index (χ1v) is 6.09. The van der Waals surface area contributed by atoms with Crippen LogP contribution in [0.4, 0.5) is 5.88 Å². The number of carbonyl (C=O) groups excluding carboxylic acids is 1. The number of aryl methyl sites for hydroxylation is 1. The van der Waals surface area contributed by atoms with Crippen molar-refractivity contribution >= 4 is 11.8 Å². The van der Waals surface area contributed by atoms with Crippen LogP contribution in [0.2, 0.25) is 0 Å². The highest BCUT2D eigenvalue weighted by Crippen LogP contribution is 2.15. The van der Waals surface area contributed by atoms with Gasteiger partial charge in [0.15, 0.2) is 0 Å². The molecule has 0 bridgehead atoms. The van der Waals surface area contributed by atoms with Crippen LogP contribution in [0.5, 0.6) is 0 Å². The molecule has 2 rings (SSSR count). The number of amides is 1. The summed E-state index contributed by atoms with van der Waals surface area (Å²) in [4.78, 5) is 13.9. The van der Waals surface area contributed by atoms with E-state index in [1.54, 1.807) is 6.07 Å². The summed E-state index contributed by atoms with van der Waals surface area (Å²) >= 11 is 0. The largest absolute Gasteiger partial charge is 0.338 e. The molecule has 1 aromatic rings. The van der Waals surface area contributed by atoms with Crippen molar-refractivity contribution in [2.24, 2.45) is 5.92 Å². The zero-order chi connectivity index (χ0) is 12.3. The van der Waals surface area contributed by atoms with Gasteiger partial charge >= 0.3 is 0 Å². The van der Waals surface area contributed by atoms with Crippen molar-refractivity contribution in [1.29, 1.82) is 0 Å². The van der Waals surface area contributed by atoms with Gasteiger partial charge in [-0.3, -0.25) is 15.0 Å². The van der Waals surface area contributed by atoms with E-state index in [1.165, 1.54) is 12.8 Å². The molecule has 1 fully saturated rings. The molecule has 0 aromatic carbocycles. The van der Waals surface area contributed by atoms with Gasteiger partial charge in [0, 0.05) is 12.6 Å². The molecule has 0 aliphatic carbocycles. The second-order valence-corrected chi connectivity index (χ2v) is 4.86. The lowest BCUT2D eigenvalue weighted by Gasteiger charge is -2.29. The number of anilines is 1. The van der Waals surface area contributed by atoms with Crippen LogP contribution in [0.25, 0.3) is 0 Å². The van der Waals surface area contributed by atoms with Crippen LogP contribution in [0.15, 0.2) is 10.6 Å². The molecule has 94 valence electrons. The molecule has 1 aliphatic heterocycles. The molecule has 0 spiro atoms. The number of carbonyl (C=O) groups is 1. The Hall–Kier alpha value is -1.36. The quantitative estimate of drug-likeness (QED) is 0.868. The highest BCUT2D eigenvalue weighted by atomic mass is 16.5. The standard InChI is InChI=1S/C12H19N3O2/c1-9-4-3-5-15(7-9)8-11(16)13-12-6-10(2)14-17-12/h6,9H,3-5,7-8H2,1-2H3,(H,13,16). The molecule has 17 heavy (non-hydrogen) atoms. The second kappa shape index (κ2) is 5.31. The zero-order valence-electron chi connectivity index (χ0n) is 10.4. The Kier molecular flexibility index (Phi) is 3.78.